The summed E-state index contributed by atoms with van der Waals surface area (Å²) in [4.78, 5) is 12.1. The molecular formula is C18H19F3N8O2S. The number of rotatable bonds is 8. The molecule has 1 heterocycles. The fourth-order valence-corrected chi connectivity index (χ4v) is 3.32. The van der Waals surface area contributed by atoms with Crippen LogP contribution in [0.15, 0.2) is 28.4 Å². The van der Waals surface area contributed by atoms with Crippen LogP contribution in [0.1, 0.15) is 20.8 Å². The second kappa shape index (κ2) is 9.65. The van der Waals surface area contributed by atoms with E-state index in [1.807, 2.05) is 13.8 Å². The van der Waals surface area contributed by atoms with Gasteiger partial charge in [-0.05, 0) is 39.0 Å². The zero-order valence-corrected chi connectivity index (χ0v) is 18.2. The van der Waals surface area contributed by atoms with E-state index in [1.54, 1.807) is 17.9 Å². The molecule has 2 rings (SSSR count). The van der Waals surface area contributed by atoms with E-state index in [-0.39, 0.29) is 29.8 Å². The molecule has 0 saturated heterocycles. The molecule has 0 bridgehead atoms. The fourth-order valence-electron chi connectivity index (χ4n) is 2.75. The average molecular weight is 468 g/mol. The standard InChI is InChI=1S/C18H19F3N8O2S/c1-6-28(7-2)12-9-10-13(14(11-12)27-32(30,31)18(19,20)21)25-26-17-24-15(22-4)16(23-5)29(17)8-3/h9-11,27H,6-8H2,1-3H3/b26-25+. The fraction of sp³-hybridized carbons (Fsp3) is 0.389. The molecule has 0 radical (unpaired) electrons. The molecular weight excluding hydrogens is 449 g/mol. The second-order valence-corrected chi connectivity index (χ2v) is 7.83. The van der Waals surface area contributed by atoms with Gasteiger partial charge in [-0.15, -0.1) is 5.11 Å². The molecule has 10 nitrogen and oxygen atoms in total. The Balaban J connectivity index is 2.60. The highest BCUT2D eigenvalue weighted by atomic mass is 32.2. The van der Waals surface area contributed by atoms with Crippen molar-refractivity contribution in [3.05, 3.63) is 41.0 Å². The number of anilines is 2. The lowest BCUT2D eigenvalue weighted by Crippen LogP contribution is -2.30. The van der Waals surface area contributed by atoms with Gasteiger partial charge < -0.3 is 14.6 Å². The topological polar surface area (TPSA) is 101 Å². The van der Waals surface area contributed by atoms with Crippen LogP contribution in [-0.2, 0) is 16.6 Å². The summed E-state index contributed by atoms with van der Waals surface area (Å²) in [6.07, 6.45) is 0. The summed E-state index contributed by atoms with van der Waals surface area (Å²) in [7, 11) is -5.71. The zero-order chi connectivity index (χ0) is 24.1. The van der Waals surface area contributed by atoms with Crippen molar-refractivity contribution >= 4 is 44.7 Å². The third-order valence-corrected chi connectivity index (χ3v) is 5.43. The maximum atomic E-state index is 12.9. The lowest BCUT2D eigenvalue weighted by Gasteiger charge is -2.22. The van der Waals surface area contributed by atoms with Gasteiger partial charge in [0.15, 0.2) is 0 Å². The first-order chi connectivity index (χ1) is 15.0. The van der Waals surface area contributed by atoms with E-state index >= 15 is 0 Å². The van der Waals surface area contributed by atoms with E-state index in [0.717, 1.165) is 0 Å². The summed E-state index contributed by atoms with van der Waals surface area (Å²) < 4.78 is 65.0. The third-order valence-electron chi connectivity index (χ3n) is 4.34. The molecule has 1 aromatic heterocycles. The van der Waals surface area contributed by atoms with Crippen molar-refractivity contribution in [2.24, 2.45) is 10.2 Å². The number of aromatic nitrogens is 2. The van der Waals surface area contributed by atoms with E-state index < -0.39 is 21.2 Å². The summed E-state index contributed by atoms with van der Waals surface area (Å²) in [5.41, 5.74) is -5.68. The molecule has 1 aromatic carbocycles. The molecule has 2 aromatic rings. The number of nitrogens with zero attached hydrogens (tertiary/aromatic N) is 7. The Bertz CT molecular complexity index is 1200. The van der Waals surface area contributed by atoms with Crippen LogP contribution in [0.2, 0.25) is 0 Å². The Labute approximate surface area is 183 Å². The number of imidazole rings is 1. The summed E-state index contributed by atoms with van der Waals surface area (Å²) in [5.74, 6) is -0.348. The van der Waals surface area contributed by atoms with Gasteiger partial charge in [0.25, 0.3) is 11.6 Å². The molecule has 1 N–H and O–H groups in total. The van der Waals surface area contributed by atoms with Crippen LogP contribution < -0.4 is 9.62 Å². The Morgan fingerprint density at radius 2 is 1.81 bits per heavy atom. The maximum absolute atomic E-state index is 12.9. The number of halogens is 3. The molecule has 32 heavy (non-hydrogen) atoms. The van der Waals surface area contributed by atoms with E-state index in [0.29, 0.717) is 18.8 Å². The van der Waals surface area contributed by atoms with Crippen molar-refractivity contribution < 1.29 is 21.6 Å². The van der Waals surface area contributed by atoms with Crippen LogP contribution in [-0.4, -0.2) is 36.6 Å². The predicted molar refractivity (Wildman–Crippen MR) is 113 cm³/mol. The smallest absolute Gasteiger partial charge is 0.373 e. The Kier molecular flexibility index (Phi) is 7.43. The largest absolute Gasteiger partial charge is 0.516 e. The van der Waals surface area contributed by atoms with Crippen molar-refractivity contribution in [2.75, 3.05) is 22.7 Å². The van der Waals surface area contributed by atoms with Crippen LogP contribution in [0.4, 0.5) is 47.8 Å². The Hall–Kier alpha value is -3.65. The van der Waals surface area contributed by atoms with E-state index in [1.165, 1.54) is 21.4 Å². The van der Waals surface area contributed by atoms with Crippen LogP contribution in [0.25, 0.3) is 9.69 Å². The monoisotopic (exact) mass is 468 g/mol. The molecule has 170 valence electrons. The minimum absolute atomic E-state index is 0.0497. The van der Waals surface area contributed by atoms with Crippen molar-refractivity contribution in [3.63, 3.8) is 0 Å². The molecule has 0 aliphatic carbocycles. The van der Waals surface area contributed by atoms with Gasteiger partial charge >= 0.3 is 21.5 Å². The van der Waals surface area contributed by atoms with E-state index in [9.17, 15) is 21.6 Å². The third kappa shape index (κ3) is 4.97. The van der Waals surface area contributed by atoms with Crippen molar-refractivity contribution in [3.8, 4) is 0 Å². The molecule has 0 spiro atoms. The number of benzene rings is 1. The number of nitrogens with one attached hydrogen (secondary N) is 1. The van der Waals surface area contributed by atoms with Gasteiger partial charge in [0, 0.05) is 18.8 Å². The molecule has 0 amide bonds. The van der Waals surface area contributed by atoms with Crippen LogP contribution >= 0.6 is 0 Å². The summed E-state index contributed by atoms with van der Waals surface area (Å²) in [6, 6.07) is 4.11. The summed E-state index contributed by atoms with van der Waals surface area (Å²) in [5, 5.41) is 7.70. The first-order valence-electron chi connectivity index (χ1n) is 9.28. The highest BCUT2D eigenvalue weighted by Crippen LogP contribution is 2.37. The summed E-state index contributed by atoms with van der Waals surface area (Å²) >= 11 is 0. The van der Waals surface area contributed by atoms with Crippen molar-refractivity contribution in [2.45, 2.75) is 32.8 Å². The number of azo groups is 1. The maximum Gasteiger partial charge on any atom is 0.516 e. The predicted octanol–water partition coefficient (Wildman–Crippen LogP) is 5.53. The molecule has 0 fully saturated rings. The summed E-state index contributed by atoms with van der Waals surface area (Å²) in [6.45, 7) is 21.0. The van der Waals surface area contributed by atoms with Crippen molar-refractivity contribution in [1.82, 2.24) is 9.55 Å². The van der Waals surface area contributed by atoms with Gasteiger partial charge in [0.05, 0.1) is 12.2 Å². The van der Waals surface area contributed by atoms with Gasteiger partial charge in [-0.1, -0.05) is 23.2 Å². The van der Waals surface area contributed by atoms with E-state index in [2.05, 4.69) is 24.9 Å². The van der Waals surface area contributed by atoms with Gasteiger partial charge in [0.2, 0.25) is 0 Å². The van der Waals surface area contributed by atoms with Gasteiger partial charge in [-0.25, -0.2) is 4.57 Å². The Morgan fingerprint density at radius 3 is 2.31 bits per heavy atom. The number of sulfonamides is 1. The minimum atomic E-state index is -5.71. The van der Waals surface area contributed by atoms with Crippen LogP contribution in [0.3, 0.4) is 0 Å². The molecule has 0 aliphatic heterocycles. The van der Waals surface area contributed by atoms with E-state index in [4.69, 9.17) is 13.1 Å². The minimum Gasteiger partial charge on any atom is -0.373 e. The quantitative estimate of drug-likeness (QED) is 0.407. The highest BCUT2D eigenvalue weighted by molar-refractivity contribution is 7.93. The second-order valence-electron chi connectivity index (χ2n) is 6.15. The van der Waals surface area contributed by atoms with Gasteiger partial charge in [-0.2, -0.15) is 21.6 Å². The molecule has 0 atom stereocenters. The van der Waals surface area contributed by atoms with Gasteiger partial charge in [-0.3, -0.25) is 4.72 Å². The lowest BCUT2D eigenvalue weighted by molar-refractivity contribution is -0.0429. The molecule has 14 heteroatoms. The zero-order valence-electron chi connectivity index (χ0n) is 17.3. The molecule has 0 saturated carbocycles. The Morgan fingerprint density at radius 1 is 1.16 bits per heavy atom. The van der Waals surface area contributed by atoms with Crippen molar-refractivity contribution in [1.29, 1.82) is 0 Å². The normalized spacial score (nSPS) is 11.9. The van der Waals surface area contributed by atoms with Gasteiger partial charge in [0.1, 0.15) is 5.69 Å². The highest BCUT2D eigenvalue weighted by Gasteiger charge is 2.46. The van der Waals surface area contributed by atoms with Crippen LogP contribution in [0.5, 0.6) is 0 Å². The average Bonchev–Trinajstić information content (AvgIpc) is 3.09. The number of hydrogen-bond donors (Lipinski definition) is 1. The first kappa shape index (κ1) is 24.6. The first-order valence-corrected chi connectivity index (χ1v) is 10.8. The molecule has 0 aliphatic rings. The SMILES string of the molecule is [C-]#[N+]c1nc(/N=N/c2ccc(N(CC)CC)cc2NS(=O)(=O)C(F)(F)F)n(CC)c1[N+]#[C-]. The molecule has 0 unspecified atom stereocenters. The lowest BCUT2D eigenvalue weighted by atomic mass is 10.2. The van der Waals surface area contributed by atoms with Crippen LogP contribution in [0, 0.1) is 13.1 Å². The number of hydrogen-bond acceptors (Lipinski definition) is 6. The number of alkyl halides is 3.